The zero-order chi connectivity index (χ0) is 7.56. The van der Waals surface area contributed by atoms with E-state index < -0.39 is 11.0 Å². The van der Waals surface area contributed by atoms with Crippen LogP contribution in [0.1, 0.15) is 10.5 Å². The average Bonchev–Trinajstić information content (AvgIpc) is 2.36. The van der Waals surface area contributed by atoms with Gasteiger partial charge in [-0.2, -0.15) is 0 Å². The number of aromatic amines is 1. The zero-order valence-corrected chi connectivity index (χ0v) is 5.68. The first-order valence-corrected chi connectivity index (χ1v) is 2.97. The molecule has 0 bridgehead atoms. The highest BCUT2D eigenvalue weighted by atomic mass is 35.5. The van der Waals surface area contributed by atoms with Gasteiger partial charge >= 0.3 is 0 Å². The Balaban J connectivity index is 2.88. The van der Waals surface area contributed by atoms with E-state index in [1.54, 1.807) is 12.3 Å². The largest absolute Gasteiger partial charge is 0.358 e. The third-order valence-corrected chi connectivity index (χ3v) is 1.19. The van der Waals surface area contributed by atoms with Crippen molar-refractivity contribution in [2.75, 3.05) is 0 Å². The second kappa shape index (κ2) is 2.66. The number of halogens is 1. The average molecular weight is 158 g/mol. The van der Waals surface area contributed by atoms with Gasteiger partial charge in [0.25, 0.3) is 11.0 Å². The minimum Gasteiger partial charge on any atom is -0.358 e. The maximum Gasteiger partial charge on any atom is 0.294 e. The van der Waals surface area contributed by atoms with Gasteiger partial charge in [0, 0.05) is 6.20 Å². The fraction of sp³-hybridized carbons (Fsp3) is 0. The third-order valence-electron chi connectivity index (χ3n) is 1.02. The van der Waals surface area contributed by atoms with Gasteiger partial charge in [0.1, 0.15) is 0 Å². The molecule has 0 atom stereocenters. The topological polar surface area (TPSA) is 49.9 Å². The SMILES string of the molecule is O=C(Cl)C(=O)c1ccc[nH]1. The van der Waals surface area contributed by atoms with E-state index in [2.05, 4.69) is 4.98 Å². The van der Waals surface area contributed by atoms with Crippen molar-refractivity contribution in [2.45, 2.75) is 0 Å². The van der Waals surface area contributed by atoms with Gasteiger partial charge in [-0.25, -0.2) is 0 Å². The van der Waals surface area contributed by atoms with Gasteiger partial charge in [0.05, 0.1) is 5.69 Å². The minimum absolute atomic E-state index is 0.222. The number of hydrogen-bond donors (Lipinski definition) is 1. The van der Waals surface area contributed by atoms with Gasteiger partial charge in [0.15, 0.2) is 0 Å². The summed E-state index contributed by atoms with van der Waals surface area (Å²) in [5.41, 5.74) is 0.222. The number of hydrogen-bond acceptors (Lipinski definition) is 2. The molecule has 3 nitrogen and oxygen atoms in total. The molecular weight excluding hydrogens is 154 g/mol. The highest BCUT2D eigenvalue weighted by Gasteiger charge is 2.12. The van der Waals surface area contributed by atoms with E-state index in [9.17, 15) is 9.59 Å². The number of aromatic nitrogens is 1. The lowest BCUT2D eigenvalue weighted by atomic mass is 10.3. The summed E-state index contributed by atoms with van der Waals surface area (Å²) >= 11 is 4.91. The van der Waals surface area contributed by atoms with Crippen LogP contribution in [0.25, 0.3) is 0 Å². The van der Waals surface area contributed by atoms with Gasteiger partial charge in [-0.15, -0.1) is 0 Å². The van der Waals surface area contributed by atoms with Crippen molar-refractivity contribution in [3.63, 3.8) is 0 Å². The molecule has 0 radical (unpaired) electrons. The summed E-state index contributed by atoms with van der Waals surface area (Å²) in [5.74, 6) is -0.702. The zero-order valence-electron chi connectivity index (χ0n) is 4.93. The highest BCUT2D eigenvalue weighted by Crippen LogP contribution is 1.98. The second-order valence-corrected chi connectivity index (χ2v) is 2.03. The molecule has 1 aromatic heterocycles. The molecule has 1 aromatic rings. The van der Waals surface area contributed by atoms with E-state index >= 15 is 0 Å². The molecule has 52 valence electrons. The van der Waals surface area contributed by atoms with E-state index in [1.165, 1.54) is 6.07 Å². The molecule has 1 N–H and O–H groups in total. The monoisotopic (exact) mass is 157 g/mol. The van der Waals surface area contributed by atoms with Crippen LogP contribution in [0.3, 0.4) is 0 Å². The molecule has 0 saturated heterocycles. The summed E-state index contributed by atoms with van der Waals surface area (Å²) < 4.78 is 0. The molecule has 1 heterocycles. The third kappa shape index (κ3) is 1.25. The van der Waals surface area contributed by atoms with Gasteiger partial charge < -0.3 is 4.98 Å². The fourth-order valence-electron chi connectivity index (χ4n) is 0.577. The maximum absolute atomic E-state index is 10.7. The van der Waals surface area contributed by atoms with Crippen LogP contribution in [0.5, 0.6) is 0 Å². The summed E-state index contributed by atoms with van der Waals surface area (Å²) in [6, 6.07) is 3.11. The van der Waals surface area contributed by atoms with Gasteiger partial charge in [-0.05, 0) is 23.7 Å². The molecule has 0 saturated carbocycles. The molecule has 10 heavy (non-hydrogen) atoms. The standard InChI is InChI=1S/C6H4ClNO2/c7-6(10)5(9)4-2-1-3-8-4/h1-3,8H. The Morgan fingerprint density at radius 3 is 2.60 bits per heavy atom. The van der Waals surface area contributed by atoms with Crippen LogP contribution in [0, 0.1) is 0 Å². The van der Waals surface area contributed by atoms with E-state index in [0.717, 1.165) is 0 Å². The van der Waals surface area contributed by atoms with E-state index in [-0.39, 0.29) is 5.69 Å². The lowest BCUT2D eigenvalue weighted by molar-refractivity contribution is -0.108. The molecule has 0 aliphatic carbocycles. The van der Waals surface area contributed by atoms with Crippen LogP contribution >= 0.6 is 11.6 Å². The van der Waals surface area contributed by atoms with Crippen molar-refractivity contribution in [3.8, 4) is 0 Å². The number of rotatable bonds is 2. The van der Waals surface area contributed by atoms with Crippen LogP contribution in [-0.4, -0.2) is 16.0 Å². The van der Waals surface area contributed by atoms with Crippen LogP contribution in [-0.2, 0) is 4.79 Å². The Labute approximate surface area is 62.0 Å². The smallest absolute Gasteiger partial charge is 0.294 e. The predicted molar refractivity (Wildman–Crippen MR) is 36.0 cm³/mol. The summed E-state index contributed by atoms with van der Waals surface area (Å²) in [7, 11) is 0. The molecular formula is C6H4ClNO2. The molecule has 0 aromatic carbocycles. The van der Waals surface area contributed by atoms with E-state index in [4.69, 9.17) is 11.6 Å². The quantitative estimate of drug-likeness (QED) is 0.395. The molecule has 0 amide bonds. The first-order valence-electron chi connectivity index (χ1n) is 2.59. The summed E-state index contributed by atoms with van der Waals surface area (Å²) in [4.78, 5) is 23.5. The summed E-state index contributed by atoms with van der Waals surface area (Å²) in [6.45, 7) is 0. The first-order chi connectivity index (χ1) is 4.72. The molecule has 1 rings (SSSR count). The van der Waals surface area contributed by atoms with Crippen LogP contribution < -0.4 is 0 Å². The molecule has 0 unspecified atom stereocenters. The van der Waals surface area contributed by atoms with Gasteiger partial charge in [-0.3, -0.25) is 9.59 Å². The molecule has 0 aliphatic rings. The van der Waals surface area contributed by atoms with Crippen LogP contribution in [0.2, 0.25) is 0 Å². The van der Waals surface area contributed by atoms with Gasteiger partial charge in [-0.1, -0.05) is 0 Å². The minimum atomic E-state index is -0.970. The normalized spacial score (nSPS) is 9.30. The van der Waals surface area contributed by atoms with Crippen molar-refractivity contribution in [1.29, 1.82) is 0 Å². The number of ketones is 1. The van der Waals surface area contributed by atoms with Crippen LogP contribution in [0.4, 0.5) is 0 Å². The maximum atomic E-state index is 10.7. The second-order valence-electron chi connectivity index (χ2n) is 1.69. The van der Waals surface area contributed by atoms with Crippen molar-refractivity contribution in [1.82, 2.24) is 4.98 Å². The van der Waals surface area contributed by atoms with Gasteiger partial charge in [0.2, 0.25) is 0 Å². The Kier molecular flexibility index (Phi) is 1.87. The van der Waals surface area contributed by atoms with E-state index in [0.29, 0.717) is 0 Å². The lowest BCUT2D eigenvalue weighted by Gasteiger charge is -1.85. The predicted octanol–water partition coefficient (Wildman–Crippen LogP) is 0.963. The Hall–Kier alpha value is -1.09. The molecule has 0 fully saturated rings. The van der Waals surface area contributed by atoms with E-state index in [1.807, 2.05) is 0 Å². The summed E-state index contributed by atoms with van der Waals surface area (Å²) in [6.07, 6.45) is 1.55. The number of nitrogens with one attached hydrogen (secondary N) is 1. The number of carbonyl (C=O) groups excluding carboxylic acids is 2. The first kappa shape index (κ1) is 7.02. The summed E-state index contributed by atoms with van der Waals surface area (Å²) in [5, 5.41) is -0.970. The Morgan fingerprint density at radius 2 is 2.20 bits per heavy atom. The molecule has 0 spiro atoms. The van der Waals surface area contributed by atoms with Crippen molar-refractivity contribution < 1.29 is 9.59 Å². The molecule has 0 aliphatic heterocycles. The number of H-pyrrole nitrogens is 1. The van der Waals surface area contributed by atoms with Crippen LogP contribution in [0.15, 0.2) is 18.3 Å². The van der Waals surface area contributed by atoms with Crippen molar-refractivity contribution in [3.05, 3.63) is 24.0 Å². The highest BCUT2D eigenvalue weighted by molar-refractivity contribution is 6.83. The number of carbonyl (C=O) groups is 2. The Morgan fingerprint density at radius 1 is 1.50 bits per heavy atom. The number of Topliss-reactive ketones (excluding diaryl/α,β-unsaturated/α-hetero) is 1. The van der Waals surface area contributed by atoms with Crippen molar-refractivity contribution in [2.24, 2.45) is 0 Å². The lowest BCUT2D eigenvalue weighted by Crippen LogP contribution is -2.07. The van der Waals surface area contributed by atoms with Crippen molar-refractivity contribution >= 4 is 22.6 Å². The Bertz CT molecular complexity index is 253. The molecule has 4 heteroatoms. The fourth-order valence-corrected chi connectivity index (χ4v) is 0.679.